The highest BCUT2D eigenvalue weighted by atomic mass is 79.9. The van der Waals surface area contributed by atoms with Crippen molar-refractivity contribution in [2.45, 2.75) is 0 Å². The molecule has 0 aliphatic heterocycles. The van der Waals surface area contributed by atoms with E-state index in [0.717, 1.165) is 16.7 Å². The number of fused-ring (bicyclic) bond motifs is 1. The molecule has 2 N–H and O–H groups in total. The van der Waals surface area contributed by atoms with Gasteiger partial charge in [0.25, 0.3) is 0 Å². The summed E-state index contributed by atoms with van der Waals surface area (Å²) in [6.45, 7) is 0. The Morgan fingerprint density at radius 2 is 2.07 bits per heavy atom. The predicted octanol–water partition coefficient (Wildman–Crippen LogP) is 1.48. The highest BCUT2D eigenvalue weighted by Crippen LogP contribution is 2.33. The number of benzene rings is 1. The first-order chi connectivity index (χ1) is 6.59. The molecule has 14 heavy (non-hydrogen) atoms. The van der Waals surface area contributed by atoms with Crippen LogP contribution in [-0.2, 0) is 0 Å². The molecule has 0 atom stereocenters. The molecule has 72 valence electrons. The molecule has 0 bridgehead atoms. The summed E-state index contributed by atoms with van der Waals surface area (Å²) in [5.41, 5.74) is 0.367. The van der Waals surface area contributed by atoms with Gasteiger partial charge in [-0.15, -0.1) is 11.3 Å². The number of thiophene rings is 1. The van der Waals surface area contributed by atoms with E-state index in [4.69, 9.17) is 10.0 Å². The molecule has 1 aromatic carbocycles. The van der Waals surface area contributed by atoms with E-state index in [1.54, 1.807) is 18.2 Å². The zero-order valence-electron chi connectivity index (χ0n) is 6.87. The molecular weight excluding hydrogens is 270 g/mol. The zero-order valence-corrected chi connectivity index (χ0v) is 9.27. The lowest BCUT2D eigenvalue weighted by atomic mass is 9.80. The van der Waals surface area contributed by atoms with Crippen LogP contribution in [0.15, 0.2) is 22.7 Å². The minimum absolute atomic E-state index is 0.301. The molecule has 0 aliphatic rings. The van der Waals surface area contributed by atoms with Crippen LogP contribution in [0.2, 0.25) is 0 Å². The third-order valence-corrected chi connectivity index (χ3v) is 3.89. The molecule has 0 spiro atoms. The Balaban J connectivity index is 2.67. The highest BCUT2D eigenvalue weighted by molar-refractivity contribution is 9.10. The molecule has 0 saturated heterocycles. The summed E-state index contributed by atoms with van der Waals surface area (Å²) < 4.78 is 14.2. The van der Waals surface area contributed by atoms with Gasteiger partial charge in [-0.25, -0.2) is 0 Å². The van der Waals surface area contributed by atoms with Gasteiger partial charge in [0.05, 0.1) is 4.47 Å². The fraction of sp³-hybridized carbons (Fsp3) is 0. The predicted molar refractivity (Wildman–Crippen MR) is 59.3 cm³/mol. The smallest absolute Gasteiger partial charge is 0.423 e. The van der Waals surface area contributed by atoms with Crippen LogP contribution in [0.4, 0.5) is 4.39 Å². The van der Waals surface area contributed by atoms with Crippen molar-refractivity contribution < 1.29 is 14.4 Å². The minimum atomic E-state index is -1.51. The van der Waals surface area contributed by atoms with Crippen molar-refractivity contribution in [3.63, 3.8) is 0 Å². The normalized spacial score (nSPS) is 10.9. The van der Waals surface area contributed by atoms with Gasteiger partial charge in [-0.2, -0.15) is 4.39 Å². The first kappa shape index (κ1) is 10.1. The Bertz CT molecular complexity index is 485. The number of rotatable bonds is 1. The third-order valence-electron chi connectivity index (χ3n) is 1.91. The van der Waals surface area contributed by atoms with E-state index >= 15 is 0 Å². The molecular formula is C8H5BBrFO2S. The van der Waals surface area contributed by atoms with Gasteiger partial charge in [-0.05, 0) is 27.5 Å². The molecule has 0 radical (unpaired) electrons. The van der Waals surface area contributed by atoms with Gasteiger partial charge in [0.1, 0.15) is 0 Å². The van der Waals surface area contributed by atoms with Crippen LogP contribution in [0, 0.1) is 5.13 Å². The van der Waals surface area contributed by atoms with Crippen LogP contribution in [-0.4, -0.2) is 17.2 Å². The second kappa shape index (κ2) is 3.62. The van der Waals surface area contributed by atoms with Crippen molar-refractivity contribution in [2.75, 3.05) is 0 Å². The maximum atomic E-state index is 13.1. The van der Waals surface area contributed by atoms with Gasteiger partial charge >= 0.3 is 7.12 Å². The van der Waals surface area contributed by atoms with Crippen LogP contribution in [0.5, 0.6) is 0 Å². The van der Waals surface area contributed by atoms with Crippen molar-refractivity contribution in [3.05, 3.63) is 27.8 Å². The van der Waals surface area contributed by atoms with Crippen LogP contribution in [0.25, 0.3) is 10.1 Å². The van der Waals surface area contributed by atoms with Crippen LogP contribution >= 0.6 is 27.3 Å². The van der Waals surface area contributed by atoms with Crippen LogP contribution < -0.4 is 5.46 Å². The van der Waals surface area contributed by atoms with Crippen molar-refractivity contribution in [3.8, 4) is 0 Å². The SMILES string of the molecule is OB(O)c1ccc2c(Br)c(F)sc2c1. The van der Waals surface area contributed by atoms with E-state index in [0.29, 0.717) is 14.6 Å². The molecule has 0 fully saturated rings. The summed E-state index contributed by atoms with van der Waals surface area (Å²) in [6, 6.07) is 4.79. The molecule has 0 saturated carbocycles. The maximum Gasteiger partial charge on any atom is 0.488 e. The van der Waals surface area contributed by atoms with E-state index in [1.165, 1.54) is 0 Å². The summed E-state index contributed by atoms with van der Waals surface area (Å²) >= 11 is 4.10. The van der Waals surface area contributed by atoms with Gasteiger partial charge in [-0.3, -0.25) is 0 Å². The average Bonchev–Trinajstić information content (AvgIpc) is 2.42. The average molecular weight is 275 g/mol. The zero-order chi connectivity index (χ0) is 10.3. The summed E-state index contributed by atoms with van der Waals surface area (Å²) in [5.74, 6) is 0. The molecule has 1 heterocycles. The number of halogens is 2. The summed E-state index contributed by atoms with van der Waals surface area (Å²) in [5, 5.41) is 18.3. The molecule has 6 heteroatoms. The second-order valence-electron chi connectivity index (χ2n) is 2.82. The maximum absolute atomic E-state index is 13.1. The molecule has 1 aromatic heterocycles. The van der Waals surface area contributed by atoms with Gasteiger partial charge in [0.15, 0.2) is 5.13 Å². The Labute approximate surface area is 92.3 Å². The molecule has 0 amide bonds. The Hall–Kier alpha value is -0.425. The van der Waals surface area contributed by atoms with E-state index < -0.39 is 7.12 Å². The topological polar surface area (TPSA) is 40.5 Å². The van der Waals surface area contributed by atoms with Gasteiger partial charge < -0.3 is 10.0 Å². The number of hydrogen-bond acceptors (Lipinski definition) is 3. The first-order valence-electron chi connectivity index (χ1n) is 3.83. The van der Waals surface area contributed by atoms with Crippen molar-refractivity contribution in [2.24, 2.45) is 0 Å². The minimum Gasteiger partial charge on any atom is -0.423 e. The largest absolute Gasteiger partial charge is 0.488 e. The quantitative estimate of drug-likeness (QED) is 0.774. The summed E-state index contributed by atoms with van der Waals surface area (Å²) in [7, 11) is -1.51. The first-order valence-corrected chi connectivity index (χ1v) is 5.44. The highest BCUT2D eigenvalue weighted by Gasteiger charge is 2.14. The third kappa shape index (κ3) is 1.59. The van der Waals surface area contributed by atoms with Crippen molar-refractivity contribution in [1.29, 1.82) is 0 Å². The van der Waals surface area contributed by atoms with Gasteiger partial charge in [0, 0.05) is 10.1 Å². The Morgan fingerprint density at radius 3 is 2.71 bits per heavy atom. The van der Waals surface area contributed by atoms with E-state index in [1.807, 2.05) is 0 Å². The second-order valence-corrected chi connectivity index (χ2v) is 4.61. The lowest BCUT2D eigenvalue weighted by Gasteiger charge is -1.98. The van der Waals surface area contributed by atoms with Gasteiger partial charge in [-0.1, -0.05) is 12.1 Å². The Kier molecular flexibility index (Phi) is 2.61. The lowest BCUT2D eigenvalue weighted by Crippen LogP contribution is -2.29. The molecule has 0 aliphatic carbocycles. The molecule has 2 aromatic rings. The summed E-state index contributed by atoms with van der Waals surface area (Å²) in [6.07, 6.45) is 0. The molecule has 2 nitrogen and oxygen atoms in total. The van der Waals surface area contributed by atoms with Crippen LogP contribution in [0.1, 0.15) is 0 Å². The van der Waals surface area contributed by atoms with Crippen molar-refractivity contribution >= 4 is 49.9 Å². The summed E-state index contributed by atoms with van der Waals surface area (Å²) in [4.78, 5) is 0. The fourth-order valence-corrected chi connectivity index (χ4v) is 2.80. The fourth-order valence-electron chi connectivity index (χ4n) is 1.21. The Morgan fingerprint density at radius 1 is 1.36 bits per heavy atom. The van der Waals surface area contributed by atoms with Gasteiger partial charge in [0.2, 0.25) is 0 Å². The van der Waals surface area contributed by atoms with E-state index in [-0.39, 0.29) is 5.13 Å². The van der Waals surface area contributed by atoms with Crippen molar-refractivity contribution in [1.82, 2.24) is 0 Å². The van der Waals surface area contributed by atoms with E-state index in [9.17, 15) is 4.39 Å². The molecule has 2 rings (SSSR count). The lowest BCUT2D eigenvalue weighted by molar-refractivity contribution is 0.426. The standard InChI is InChI=1S/C8H5BBrFO2S/c10-7-5-2-1-4(9(12)13)3-6(5)14-8(7)11/h1-3,12-13H. The van der Waals surface area contributed by atoms with E-state index in [2.05, 4.69) is 15.9 Å². The number of hydrogen-bond donors (Lipinski definition) is 2. The monoisotopic (exact) mass is 274 g/mol. The molecule has 0 unspecified atom stereocenters. The van der Waals surface area contributed by atoms with Crippen LogP contribution in [0.3, 0.4) is 0 Å².